The predicted octanol–water partition coefficient (Wildman–Crippen LogP) is 2.60. The van der Waals surface area contributed by atoms with E-state index in [1.54, 1.807) is 0 Å². The van der Waals surface area contributed by atoms with E-state index >= 15 is 0 Å². The van der Waals surface area contributed by atoms with Crippen molar-refractivity contribution >= 4 is 11.3 Å². The van der Waals surface area contributed by atoms with E-state index in [-0.39, 0.29) is 0 Å². The summed E-state index contributed by atoms with van der Waals surface area (Å²) in [4.78, 5) is 4.06. The summed E-state index contributed by atoms with van der Waals surface area (Å²) in [6.07, 6.45) is 1.49. The van der Waals surface area contributed by atoms with Crippen LogP contribution < -0.4 is 5.73 Å². The lowest BCUT2D eigenvalue weighted by Crippen LogP contribution is -2.00. The maximum atomic E-state index is 5.95. The highest BCUT2D eigenvalue weighted by Gasteiger charge is 2.16. The molecule has 2 heterocycles. The van der Waals surface area contributed by atoms with Gasteiger partial charge in [0, 0.05) is 5.56 Å². The second kappa shape index (κ2) is 3.84. The van der Waals surface area contributed by atoms with Gasteiger partial charge in [-0.2, -0.15) is 5.10 Å². The van der Waals surface area contributed by atoms with Gasteiger partial charge in [-0.3, -0.25) is 0 Å². The molecule has 0 atom stereocenters. The minimum Gasteiger partial charge on any atom is -0.382 e. The predicted molar refractivity (Wildman–Crippen MR) is 72.3 cm³/mol. The Morgan fingerprint density at radius 2 is 1.78 bits per heavy atom. The Labute approximate surface area is 105 Å². The molecule has 1 aromatic carbocycles. The van der Waals surface area contributed by atoms with Crippen LogP contribution in [-0.4, -0.2) is 14.6 Å². The van der Waals surface area contributed by atoms with Gasteiger partial charge in [-0.25, -0.2) is 9.50 Å². The molecule has 0 aliphatic carbocycles. The molecular weight excluding hydrogens is 224 g/mol. The molecule has 90 valence electrons. The van der Waals surface area contributed by atoms with Gasteiger partial charge in [-0.15, -0.1) is 0 Å². The van der Waals surface area contributed by atoms with Gasteiger partial charge in [0.1, 0.15) is 11.8 Å². The highest BCUT2D eigenvalue weighted by atomic mass is 15.3. The van der Waals surface area contributed by atoms with Crippen molar-refractivity contribution in [1.29, 1.82) is 0 Å². The van der Waals surface area contributed by atoms with Gasteiger partial charge in [0.2, 0.25) is 0 Å². The van der Waals surface area contributed by atoms with Crippen molar-refractivity contribution in [2.45, 2.75) is 13.8 Å². The van der Waals surface area contributed by atoms with Crippen LogP contribution in [0.2, 0.25) is 0 Å². The molecule has 0 spiro atoms. The zero-order valence-electron chi connectivity index (χ0n) is 10.4. The summed E-state index contributed by atoms with van der Waals surface area (Å²) >= 11 is 0. The SMILES string of the molecule is Cc1c(C)c2c(N)ncnn2c1-c1ccccc1. The summed E-state index contributed by atoms with van der Waals surface area (Å²) < 4.78 is 1.88. The number of hydrogen-bond acceptors (Lipinski definition) is 3. The molecule has 2 N–H and O–H groups in total. The molecule has 4 nitrogen and oxygen atoms in total. The van der Waals surface area contributed by atoms with E-state index in [0.29, 0.717) is 5.82 Å². The van der Waals surface area contributed by atoms with Crippen LogP contribution in [0.5, 0.6) is 0 Å². The van der Waals surface area contributed by atoms with Crippen molar-refractivity contribution in [2.24, 2.45) is 0 Å². The molecule has 0 saturated heterocycles. The highest BCUT2D eigenvalue weighted by Crippen LogP contribution is 2.31. The molecule has 0 unspecified atom stereocenters. The number of nitrogens with zero attached hydrogens (tertiary/aromatic N) is 3. The lowest BCUT2D eigenvalue weighted by molar-refractivity contribution is 0.911. The van der Waals surface area contributed by atoms with E-state index in [0.717, 1.165) is 22.3 Å². The average molecular weight is 238 g/mol. The summed E-state index contributed by atoms with van der Waals surface area (Å²) in [5.74, 6) is 0.521. The van der Waals surface area contributed by atoms with Crippen molar-refractivity contribution in [3.63, 3.8) is 0 Å². The summed E-state index contributed by atoms with van der Waals surface area (Å²) in [5.41, 5.74) is 11.4. The van der Waals surface area contributed by atoms with E-state index in [2.05, 4.69) is 36.1 Å². The fraction of sp³-hybridized carbons (Fsp3) is 0.143. The number of nitrogens with two attached hydrogens (primary N) is 1. The van der Waals surface area contributed by atoms with Crippen LogP contribution >= 0.6 is 0 Å². The zero-order valence-corrected chi connectivity index (χ0v) is 10.4. The standard InChI is InChI=1S/C14H14N4/c1-9-10(2)13-14(15)16-8-17-18(13)12(9)11-6-4-3-5-7-11/h3-8H,1-2H3,(H2,15,16,17). The molecule has 4 heteroatoms. The fourth-order valence-electron chi connectivity index (χ4n) is 2.34. The van der Waals surface area contributed by atoms with Crippen molar-refractivity contribution in [2.75, 3.05) is 5.73 Å². The number of aromatic nitrogens is 3. The highest BCUT2D eigenvalue weighted by molar-refractivity contribution is 5.80. The van der Waals surface area contributed by atoms with Gasteiger partial charge >= 0.3 is 0 Å². The second-order valence-electron chi connectivity index (χ2n) is 4.37. The third-order valence-electron chi connectivity index (χ3n) is 3.35. The van der Waals surface area contributed by atoms with Crippen LogP contribution in [0, 0.1) is 13.8 Å². The normalized spacial score (nSPS) is 11.0. The second-order valence-corrected chi connectivity index (χ2v) is 4.37. The van der Waals surface area contributed by atoms with Crippen LogP contribution in [0.4, 0.5) is 5.82 Å². The molecule has 18 heavy (non-hydrogen) atoms. The Balaban J connectivity index is 2.44. The molecule has 0 radical (unpaired) electrons. The third-order valence-corrected chi connectivity index (χ3v) is 3.35. The first-order chi connectivity index (χ1) is 8.70. The number of rotatable bonds is 1. The monoisotopic (exact) mass is 238 g/mol. The third kappa shape index (κ3) is 1.39. The van der Waals surface area contributed by atoms with Crippen molar-refractivity contribution in [3.8, 4) is 11.3 Å². The van der Waals surface area contributed by atoms with Gasteiger partial charge < -0.3 is 5.73 Å². The van der Waals surface area contributed by atoms with E-state index in [4.69, 9.17) is 5.73 Å². The summed E-state index contributed by atoms with van der Waals surface area (Å²) in [6.45, 7) is 4.14. The van der Waals surface area contributed by atoms with E-state index < -0.39 is 0 Å². The first-order valence-electron chi connectivity index (χ1n) is 5.84. The summed E-state index contributed by atoms with van der Waals surface area (Å²) in [7, 11) is 0. The Morgan fingerprint density at radius 1 is 1.06 bits per heavy atom. The molecule has 0 aliphatic rings. The molecule has 0 fully saturated rings. The molecule has 0 bridgehead atoms. The minimum absolute atomic E-state index is 0.521. The molecule has 0 saturated carbocycles. The van der Waals surface area contributed by atoms with Gasteiger partial charge in [-0.05, 0) is 25.0 Å². The maximum absolute atomic E-state index is 5.95. The molecule has 3 rings (SSSR count). The Kier molecular flexibility index (Phi) is 2.30. The Morgan fingerprint density at radius 3 is 2.50 bits per heavy atom. The number of nitrogen functional groups attached to an aromatic ring is 1. The fourth-order valence-corrected chi connectivity index (χ4v) is 2.34. The Hall–Kier alpha value is -2.36. The summed E-state index contributed by atoms with van der Waals surface area (Å²) in [5, 5.41) is 4.33. The van der Waals surface area contributed by atoms with E-state index in [1.165, 1.54) is 11.9 Å². The van der Waals surface area contributed by atoms with Crippen LogP contribution in [0.15, 0.2) is 36.7 Å². The molecule has 0 aliphatic heterocycles. The van der Waals surface area contributed by atoms with E-state index in [9.17, 15) is 0 Å². The van der Waals surface area contributed by atoms with Gasteiger partial charge in [-0.1, -0.05) is 30.3 Å². The number of benzene rings is 1. The molecular formula is C14H14N4. The van der Waals surface area contributed by atoms with Crippen LogP contribution in [0.1, 0.15) is 11.1 Å². The lowest BCUT2D eigenvalue weighted by atomic mass is 10.1. The number of hydrogen-bond donors (Lipinski definition) is 1. The van der Waals surface area contributed by atoms with Crippen LogP contribution in [0.25, 0.3) is 16.8 Å². The zero-order chi connectivity index (χ0) is 12.7. The number of aryl methyl sites for hydroxylation is 1. The van der Waals surface area contributed by atoms with Crippen molar-refractivity contribution < 1.29 is 0 Å². The van der Waals surface area contributed by atoms with Crippen LogP contribution in [0.3, 0.4) is 0 Å². The van der Waals surface area contributed by atoms with Crippen LogP contribution in [-0.2, 0) is 0 Å². The minimum atomic E-state index is 0.521. The maximum Gasteiger partial charge on any atom is 0.151 e. The molecule has 2 aromatic heterocycles. The number of anilines is 1. The smallest absolute Gasteiger partial charge is 0.151 e. The van der Waals surface area contributed by atoms with Gasteiger partial charge in [0.15, 0.2) is 5.82 Å². The topological polar surface area (TPSA) is 56.2 Å². The average Bonchev–Trinajstić information content (AvgIpc) is 2.64. The van der Waals surface area contributed by atoms with Gasteiger partial charge in [0.25, 0.3) is 0 Å². The molecule has 0 amide bonds. The van der Waals surface area contributed by atoms with Crippen molar-refractivity contribution in [1.82, 2.24) is 14.6 Å². The lowest BCUT2D eigenvalue weighted by Gasteiger charge is -2.03. The Bertz CT molecular complexity index is 713. The largest absolute Gasteiger partial charge is 0.382 e. The first kappa shape index (κ1) is 10.8. The van der Waals surface area contributed by atoms with Crippen molar-refractivity contribution in [3.05, 3.63) is 47.8 Å². The number of fused-ring (bicyclic) bond motifs is 1. The first-order valence-corrected chi connectivity index (χ1v) is 5.84. The quantitative estimate of drug-likeness (QED) is 0.709. The molecule has 3 aromatic rings. The summed E-state index contributed by atoms with van der Waals surface area (Å²) in [6, 6.07) is 10.2. The van der Waals surface area contributed by atoms with Gasteiger partial charge in [0.05, 0.1) is 5.69 Å². The van der Waals surface area contributed by atoms with E-state index in [1.807, 2.05) is 22.7 Å².